The fourth-order valence-corrected chi connectivity index (χ4v) is 0. The summed E-state index contributed by atoms with van der Waals surface area (Å²) in [5.74, 6) is 0. The lowest BCUT2D eigenvalue weighted by atomic mass is 10.8. The Morgan fingerprint density at radius 2 is 2.20 bits per heavy atom. The lowest BCUT2D eigenvalue weighted by molar-refractivity contribution is 0.00628. The van der Waals surface area contributed by atoms with Crippen molar-refractivity contribution in [1.82, 2.24) is 0 Å². The molecule has 2 nitrogen and oxygen atoms in total. The summed E-state index contributed by atoms with van der Waals surface area (Å²) in [5.41, 5.74) is 0. The summed E-state index contributed by atoms with van der Waals surface area (Å²) in [6, 6.07) is 0. The molecule has 0 bridgehead atoms. The highest BCUT2D eigenvalue weighted by molar-refractivity contribution is 5.98. The lowest BCUT2D eigenvalue weighted by Gasteiger charge is -1.94. The molecule has 0 rings (SSSR count). The molecule has 3 radical (unpaired) electrons. The zero-order valence-corrected chi connectivity index (χ0v) is 3.93. The molecule has 0 heterocycles. The second kappa shape index (κ2) is 2.38. The fourth-order valence-electron chi connectivity index (χ4n) is 0. The van der Waals surface area contributed by atoms with Crippen LogP contribution in [0.15, 0.2) is 0 Å². The van der Waals surface area contributed by atoms with Crippen molar-refractivity contribution in [3.63, 3.8) is 0 Å². The van der Waals surface area contributed by atoms with Gasteiger partial charge in [-0.1, -0.05) is 0 Å². The number of aliphatic hydroxyl groups is 1. The largest absolute Gasteiger partial charge is 0.395 e. The fraction of sp³-hybridized carbons (Fsp3) is 1.00. The van der Waals surface area contributed by atoms with Gasteiger partial charge in [0.25, 0.3) is 0 Å². The molecule has 3 heteroatoms. The van der Waals surface area contributed by atoms with E-state index in [9.17, 15) is 0 Å². The zero-order chi connectivity index (χ0) is 4.28. The van der Waals surface area contributed by atoms with Crippen LogP contribution < -0.4 is 0 Å². The van der Waals surface area contributed by atoms with E-state index < -0.39 is 6.29 Å². The molecule has 1 unspecified atom stereocenters. The Morgan fingerprint density at radius 3 is 2.20 bits per heavy atom. The van der Waals surface area contributed by atoms with Gasteiger partial charge in [0.15, 0.2) is 0 Å². The highest BCUT2D eigenvalue weighted by Gasteiger charge is 1.80. The van der Waals surface area contributed by atoms with Gasteiger partial charge in [-0.05, 0) is 6.92 Å². The molecule has 0 aliphatic rings. The number of hydrogen-bond acceptors (Lipinski definition) is 2. The third-order valence-electron chi connectivity index (χ3n) is 0.171. The van der Waals surface area contributed by atoms with Crippen LogP contribution in [0.3, 0.4) is 0 Å². The molecule has 1 atom stereocenters. The van der Waals surface area contributed by atoms with Crippen molar-refractivity contribution in [2.75, 3.05) is 0 Å². The molecule has 0 aromatic heterocycles. The number of hydrogen-bond donors (Lipinski definition) is 1. The molecular weight excluding hydrogens is 84.1 g/mol. The van der Waals surface area contributed by atoms with E-state index in [1.54, 1.807) is 0 Å². The van der Waals surface area contributed by atoms with Gasteiger partial charge in [0.05, 0.1) is 0 Å². The summed E-state index contributed by atoms with van der Waals surface area (Å²) in [7, 11) is 2.60. The van der Waals surface area contributed by atoms with Crippen LogP contribution in [0, 0.1) is 0 Å². The van der Waals surface area contributed by atoms with Crippen molar-refractivity contribution >= 4 is 10.5 Å². The SMILES string of the molecule is CC(O)O[Si]. The van der Waals surface area contributed by atoms with Crippen LogP contribution in [-0.2, 0) is 4.43 Å². The molecule has 0 aromatic rings. The Hall–Kier alpha value is 0.137. The Morgan fingerprint density at radius 1 is 2.00 bits per heavy atom. The van der Waals surface area contributed by atoms with Crippen LogP contribution in [0.25, 0.3) is 0 Å². The van der Waals surface area contributed by atoms with Gasteiger partial charge >= 0.3 is 0 Å². The average molecular weight is 89.1 g/mol. The van der Waals surface area contributed by atoms with Gasteiger partial charge in [0.1, 0.15) is 6.29 Å². The standard InChI is InChI=1S/C2H5O2Si/c1-2(3)4-5/h2-3H,1H3. The highest BCUT2D eigenvalue weighted by Crippen LogP contribution is 1.71. The minimum absolute atomic E-state index is 0.702. The van der Waals surface area contributed by atoms with Gasteiger partial charge in [0, 0.05) is 0 Å². The summed E-state index contributed by atoms with van der Waals surface area (Å²) in [6.45, 7) is 1.51. The molecule has 0 amide bonds. The van der Waals surface area contributed by atoms with Crippen molar-refractivity contribution in [1.29, 1.82) is 0 Å². The van der Waals surface area contributed by atoms with E-state index in [4.69, 9.17) is 5.11 Å². The molecule has 0 aliphatic heterocycles. The first-order valence-electron chi connectivity index (χ1n) is 1.28. The van der Waals surface area contributed by atoms with E-state index in [1.807, 2.05) is 0 Å². The van der Waals surface area contributed by atoms with Gasteiger partial charge in [-0.15, -0.1) is 0 Å². The maximum Gasteiger partial charge on any atom is 0.249 e. The molecule has 0 aliphatic carbocycles. The van der Waals surface area contributed by atoms with E-state index in [1.165, 1.54) is 6.92 Å². The monoisotopic (exact) mass is 89.0 g/mol. The average Bonchev–Trinajstić information content (AvgIpc) is 1.38. The summed E-state index contributed by atoms with van der Waals surface area (Å²) >= 11 is 0. The van der Waals surface area contributed by atoms with Crippen LogP contribution in [0.5, 0.6) is 0 Å². The van der Waals surface area contributed by atoms with Gasteiger partial charge in [-0.3, -0.25) is 0 Å². The van der Waals surface area contributed by atoms with Crippen molar-refractivity contribution in [3.8, 4) is 0 Å². The first kappa shape index (κ1) is 5.14. The zero-order valence-electron chi connectivity index (χ0n) is 2.93. The Kier molecular flexibility index (Phi) is 2.44. The Balaban J connectivity index is 2.54. The molecule has 29 valence electrons. The molecule has 0 aromatic carbocycles. The summed E-state index contributed by atoms with van der Waals surface area (Å²) in [6.07, 6.45) is -0.702. The van der Waals surface area contributed by atoms with Crippen molar-refractivity contribution in [2.45, 2.75) is 13.2 Å². The van der Waals surface area contributed by atoms with Gasteiger partial charge < -0.3 is 9.53 Å². The summed E-state index contributed by atoms with van der Waals surface area (Å²) < 4.78 is 4.11. The molecule has 1 N–H and O–H groups in total. The van der Waals surface area contributed by atoms with E-state index in [0.717, 1.165) is 0 Å². The van der Waals surface area contributed by atoms with E-state index in [-0.39, 0.29) is 0 Å². The molecule has 0 fully saturated rings. The maximum absolute atomic E-state index is 8.09. The van der Waals surface area contributed by atoms with Crippen LogP contribution in [0.1, 0.15) is 6.92 Å². The highest BCUT2D eigenvalue weighted by atomic mass is 28.2. The van der Waals surface area contributed by atoms with Crippen LogP contribution >= 0.6 is 0 Å². The Labute approximate surface area is 34.3 Å². The van der Waals surface area contributed by atoms with Crippen LogP contribution in [0.4, 0.5) is 0 Å². The third kappa shape index (κ3) is 4.14. The minimum atomic E-state index is -0.702. The van der Waals surface area contributed by atoms with E-state index in [2.05, 4.69) is 14.9 Å². The van der Waals surface area contributed by atoms with Gasteiger partial charge in [-0.25, -0.2) is 0 Å². The second-order valence-electron chi connectivity index (χ2n) is 0.717. The molecule has 0 spiro atoms. The first-order valence-corrected chi connectivity index (χ1v) is 1.68. The smallest absolute Gasteiger partial charge is 0.249 e. The third-order valence-corrected chi connectivity index (χ3v) is 0.512. The maximum atomic E-state index is 8.09. The van der Waals surface area contributed by atoms with Crippen LogP contribution in [-0.4, -0.2) is 21.9 Å². The molecule has 5 heavy (non-hydrogen) atoms. The quantitative estimate of drug-likeness (QED) is 0.344. The topological polar surface area (TPSA) is 29.5 Å². The molecule has 0 saturated carbocycles. The number of rotatable bonds is 1. The molecule has 0 saturated heterocycles. The predicted molar refractivity (Wildman–Crippen MR) is 18.5 cm³/mol. The van der Waals surface area contributed by atoms with Gasteiger partial charge in [-0.2, -0.15) is 0 Å². The number of aliphatic hydroxyl groups excluding tert-OH is 1. The Bertz CT molecular complexity index is 21.6. The van der Waals surface area contributed by atoms with Crippen molar-refractivity contribution < 1.29 is 9.53 Å². The van der Waals surface area contributed by atoms with Crippen molar-refractivity contribution in [2.24, 2.45) is 0 Å². The van der Waals surface area contributed by atoms with E-state index >= 15 is 0 Å². The minimum Gasteiger partial charge on any atom is -0.395 e. The molecular formula is C2H5O2Si. The summed E-state index contributed by atoms with van der Waals surface area (Å²) in [4.78, 5) is 0. The second-order valence-corrected chi connectivity index (χ2v) is 0.953. The van der Waals surface area contributed by atoms with Crippen molar-refractivity contribution in [3.05, 3.63) is 0 Å². The summed E-state index contributed by atoms with van der Waals surface area (Å²) in [5, 5.41) is 8.09. The van der Waals surface area contributed by atoms with Gasteiger partial charge in [0.2, 0.25) is 10.5 Å². The first-order chi connectivity index (χ1) is 2.27. The van der Waals surface area contributed by atoms with E-state index in [0.29, 0.717) is 0 Å². The normalized spacial score (nSPS) is 15.0. The lowest BCUT2D eigenvalue weighted by Crippen LogP contribution is -2.01. The van der Waals surface area contributed by atoms with Crippen LogP contribution in [0.2, 0.25) is 0 Å². The predicted octanol–water partition coefficient (Wildman–Crippen LogP) is -0.575.